The Morgan fingerprint density at radius 2 is 2.15 bits per heavy atom. The molecule has 1 saturated heterocycles. The number of likely N-dealkylation sites (tertiary alicyclic amines) is 1. The summed E-state index contributed by atoms with van der Waals surface area (Å²) in [6.07, 6.45) is 5.31. The molecule has 0 saturated carbocycles. The fourth-order valence-corrected chi connectivity index (χ4v) is 2.72. The SMILES string of the molecule is Cc1nn(C)c(Cl)c1C=CC(=O)N1CCC(CN)CC1. The van der Waals surface area contributed by atoms with Gasteiger partial charge < -0.3 is 10.6 Å². The van der Waals surface area contributed by atoms with Crippen molar-refractivity contribution in [2.24, 2.45) is 18.7 Å². The summed E-state index contributed by atoms with van der Waals surface area (Å²) in [7, 11) is 1.78. The van der Waals surface area contributed by atoms with Gasteiger partial charge in [-0.25, -0.2) is 0 Å². The molecule has 0 atom stereocenters. The van der Waals surface area contributed by atoms with Gasteiger partial charge in [0.1, 0.15) is 5.15 Å². The van der Waals surface area contributed by atoms with Gasteiger partial charge in [0, 0.05) is 31.8 Å². The van der Waals surface area contributed by atoms with Crippen molar-refractivity contribution in [2.45, 2.75) is 19.8 Å². The van der Waals surface area contributed by atoms with Gasteiger partial charge in [-0.2, -0.15) is 5.10 Å². The maximum atomic E-state index is 12.1. The number of aromatic nitrogens is 2. The largest absolute Gasteiger partial charge is 0.339 e. The average molecular weight is 297 g/mol. The average Bonchev–Trinajstić information content (AvgIpc) is 2.70. The zero-order valence-corrected chi connectivity index (χ0v) is 12.7. The molecule has 2 rings (SSSR count). The van der Waals surface area contributed by atoms with E-state index in [0.29, 0.717) is 17.6 Å². The Morgan fingerprint density at radius 1 is 1.50 bits per heavy atom. The number of aryl methyl sites for hydroxylation is 2. The molecule has 2 N–H and O–H groups in total. The second kappa shape index (κ2) is 6.41. The molecule has 0 unspecified atom stereocenters. The molecule has 2 heterocycles. The van der Waals surface area contributed by atoms with Crippen molar-refractivity contribution in [3.63, 3.8) is 0 Å². The van der Waals surface area contributed by atoms with Gasteiger partial charge in [-0.1, -0.05) is 11.6 Å². The third-order valence-corrected chi connectivity index (χ3v) is 4.30. The monoisotopic (exact) mass is 296 g/mol. The van der Waals surface area contributed by atoms with E-state index in [1.807, 2.05) is 11.8 Å². The van der Waals surface area contributed by atoms with Gasteiger partial charge in [-0.3, -0.25) is 9.48 Å². The van der Waals surface area contributed by atoms with E-state index in [-0.39, 0.29) is 5.91 Å². The Balaban J connectivity index is 1.99. The molecule has 0 spiro atoms. The van der Waals surface area contributed by atoms with Crippen molar-refractivity contribution in [1.29, 1.82) is 0 Å². The van der Waals surface area contributed by atoms with Crippen LogP contribution in [0, 0.1) is 12.8 Å². The lowest BCUT2D eigenvalue weighted by Crippen LogP contribution is -2.39. The number of hydrogen-bond donors (Lipinski definition) is 1. The summed E-state index contributed by atoms with van der Waals surface area (Å²) in [5.74, 6) is 0.581. The fraction of sp³-hybridized carbons (Fsp3) is 0.571. The number of amides is 1. The van der Waals surface area contributed by atoms with Crippen LogP contribution in [0.4, 0.5) is 0 Å². The molecule has 1 aromatic rings. The summed E-state index contributed by atoms with van der Waals surface area (Å²) < 4.78 is 1.60. The van der Waals surface area contributed by atoms with Crippen molar-refractivity contribution in [3.8, 4) is 0 Å². The number of halogens is 1. The summed E-state index contributed by atoms with van der Waals surface area (Å²) in [4.78, 5) is 14.0. The van der Waals surface area contributed by atoms with Crippen LogP contribution in [0.3, 0.4) is 0 Å². The van der Waals surface area contributed by atoms with Crippen LogP contribution in [0.2, 0.25) is 5.15 Å². The molecule has 1 aliphatic rings. The molecule has 1 fully saturated rings. The smallest absolute Gasteiger partial charge is 0.246 e. The number of nitrogens with two attached hydrogens (primary N) is 1. The van der Waals surface area contributed by atoms with Crippen molar-refractivity contribution in [2.75, 3.05) is 19.6 Å². The topological polar surface area (TPSA) is 64.2 Å². The van der Waals surface area contributed by atoms with E-state index >= 15 is 0 Å². The molecule has 1 aromatic heterocycles. The first-order valence-electron chi connectivity index (χ1n) is 6.89. The van der Waals surface area contributed by atoms with Crippen LogP contribution in [0.15, 0.2) is 6.08 Å². The van der Waals surface area contributed by atoms with Crippen molar-refractivity contribution >= 4 is 23.6 Å². The molecular weight excluding hydrogens is 276 g/mol. The molecular formula is C14H21ClN4O. The van der Waals surface area contributed by atoms with Gasteiger partial charge in [-0.15, -0.1) is 0 Å². The second-order valence-corrected chi connectivity index (χ2v) is 5.61. The molecule has 0 aromatic carbocycles. The normalized spacial score (nSPS) is 17.1. The first kappa shape index (κ1) is 15.1. The molecule has 0 radical (unpaired) electrons. The van der Waals surface area contributed by atoms with E-state index in [1.165, 1.54) is 0 Å². The highest BCUT2D eigenvalue weighted by Gasteiger charge is 2.20. The molecule has 1 aliphatic heterocycles. The predicted molar refractivity (Wildman–Crippen MR) is 80.3 cm³/mol. The number of carbonyl (C=O) groups excluding carboxylic acids is 1. The zero-order chi connectivity index (χ0) is 14.7. The Kier molecular flexibility index (Phi) is 4.83. The van der Waals surface area contributed by atoms with E-state index in [2.05, 4.69) is 5.10 Å². The number of hydrogen-bond acceptors (Lipinski definition) is 3. The summed E-state index contributed by atoms with van der Waals surface area (Å²) >= 11 is 6.13. The lowest BCUT2D eigenvalue weighted by Gasteiger charge is -2.30. The van der Waals surface area contributed by atoms with Crippen LogP contribution in [0.25, 0.3) is 6.08 Å². The molecule has 0 bridgehead atoms. The van der Waals surface area contributed by atoms with Crippen LogP contribution < -0.4 is 5.73 Å². The fourth-order valence-electron chi connectivity index (χ4n) is 2.48. The molecule has 20 heavy (non-hydrogen) atoms. The summed E-state index contributed by atoms with van der Waals surface area (Å²) in [6.45, 7) is 4.15. The summed E-state index contributed by atoms with van der Waals surface area (Å²) in [5, 5.41) is 4.77. The van der Waals surface area contributed by atoms with Crippen LogP contribution >= 0.6 is 11.6 Å². The highest BCUT2D eigenvalue weighted by molar-refractivity contribution is 6.31. The van der Waals surface area contributed by atoms with E-state index in [1.54, 1.807) is 23.9 Å². The first-order valence-corrected chi connectivity index (χ1v) is 7.27. The van der Waals surface area contributed by atoms with Crippen LogP contribution in [0.1, 0.15) is 24.1 Å². The number of rotatable bonds is 3. The third-order valence-electron chi connectivity index (χ3n) is 3.85. The molecule has 5 nitrogen and oxygen atoms in total. The van der Waals surface area contributed by atoms with Crippen molar-refractivity contribution < 1.29 is 4.79 Å². The van der Waals surface area contributed by atoms with Gasteiger partial charge in [0.15, 0.2) is 0 Å². The molecule has 0 aliphatic carbocycles. The summed E-state index contributed by atoms with van der Waals surface area (Å²) in [6, 6.07) is 0. The van der Waals surface area contributed by atoms with Crippen molar-refractivity contribution in [3.05, 3.63) is 22.5 Å². The minimum Gasteiger partial charge on any atom is -0.339 e. The number of nitrogens with zero attached hydrogens (tertiary/aromatic N) is 3. The van der Waals surface area contributed by atoms with Gasteiger partial charge >= 0.3 is 0 Å². The maximum absolute atomic E-state index is 12.1. The molecule has 1 amide bonds. The predicted octanol–water partition coefficient (Wildman–Crippen LogP) is 1.59. The molecule has 6 heteroatoms. The Bertz CT molecular complexity index is 515. The minimum absolute atomic E-state index is 0.0276. The van der Waals surface area contributed by atoms with Gasteiger partial charge in [0.05, 0.1) is 5.69 Å². The second-order valence-electron chi connectivity index (χ2n) is 5.25. The quantitative estimate of drug-likeness (QED) is 0.862. The van der Waals surface area contributed by atoms with Gasteiger partial charge in [0.25, 0.3) is 0 Å². The molecule has 110 valence electrons. The van der Waals surface area contributed by atoms with E-state index in [9.17, 15) is 4.79 Å². The first-order chi connectivity index (χ1) is 9.52. The van der Waals surface area contributed by atoms with E-state index < -0.39 is 0 Å². The lowest BCUT2D eigenvalue weighted by atomic mass is 9.97. The minimum atomic E-state index is 0.0276. The van der Waals surface area contributed by atoms with E-state index in [0.717, 1.165) is 37.2 Å². The highest BCUT2D eigenvalue weighted by Crippen LogP contribution is 2.21. The van der Waals surface area contributed by atoms with E-state index in [4.69, 9.17) is 17.3 Å². The lowest BCUT2D eigenvalue weighted by molar-refractivity contribution is -0.127. The van der Waals surface area contributed by atoms with Gasteiger partial charge in [-0.05, 0) is 38.3 Å². The Labute approximate surface area is 124 Å². The maximum Gasteiger partial charge on any atom is 0.246 e. The van der Waals surface area contributed by atoms with Crippen LogP contribution in [-0.4, -0.2) is 40.2 Å². The Morgan fingerprint density at radius 3 is 2.65 bits per heavy atom. The van der Waals surface area contributed by atoms with Crippen LogP contribution in [0.5, 0.6) is 0 Å². The van der Waals surface area contributed by atoms with Crippen molar-refractivity contribution in [1.82, 2.24) is 14.7 Å². The number of piperidine rings is 1. The van der Waals surface area contributed by atoms with Crippen LogP contribution in [-0.2, 0) is 11.8 Å². The standard InChI is InChI=1S/C14H21ClN4O/c1-10-12(14(15)18(2)17-10)3-4-13(20)19-7-5-11(9-16)6-8-19/h3-4,11H,5-9,16H2,1-2H3. The Hall–Kier alpha value is -1.33. The van der Waals surface area contributed by atoms with Gasteiger partial charge in [0.2, 0.25) is 5.91 Å². The number of carbonyl (C=O) groups is 1. The summed E-state index contributed by atoms with van der Waals surface area (Å²) in [5.41, 5.74) is 7.28. The third kappa shape index (κ3) is 3.22. The zero-order valence-electron chi connectivity index (χ0n) is 12.0. The highest BCUT2D eigenvalue weighted by atomic mass is 35.5.